The van der Waals surface area contributed by atoms with E-state index >= 15 is 0 Å². The number of hydrogen-bond donors (Lipinski definition) is 1. The summed E-state index contributed by atoms with van der Waals surface area (Å²) >= 11 is 0. The van der Waals surface area contributed by atoms with E-state index in [0.29, 0.717) is 5.84 Å². The summed E-state index contributed by atoms with van der Waals surface area (Å²) in [6.45, 7) is 4.13. The molecule has 2 aliphatic heterocycles. The molecule has 3 aromatic carbocycles. The topological polar surface area (TPSA) is 70.7 Å². The van der Waals surface area contributed by atoms with Gasteiger partial charge in [0, 0.05) is 17.4 Å². The van der Waals surface area contributed by atoms with Gasteiger partial charge in [0.05, 0.1) is 28.5 Å². The Bertz CT molecular complexity index is 1700. The number of para-hydroxylation sites is 3. The van der Waals surface area contributed by atoms with Crippen molar-refractivity contribution in [2.24, 2.45) is 9.98 Å². The van der Waals surface area contributed by atoms with Crippen LogP contribution in [-0.4, -0.2) is 26.4 Å². The van der Waals surface area contributed by atoms with Crippen LogP contribution in [0.15, 0.2) is 113 Å². The molecule has 0 aliphatic carbocycles. The zero-order chi connectivity index (χ0) is 25.6. The third-order valence-corrected chi connectivity index (χ3v) is 6.92. The van der Waals surface area contributed by atoms with Crippen LogP contribution in [0.25, 0.3) is 5.69 Å². The highest BCUT2D eigenvalue weighted by atomic mass is 15.4. The fourth-order valence-electron chi connectivity index (χ4n) is 5.14. The summed E-state index contributed by atoms with van der Waals surface area (Å²) in [6, 6.07) is 32.4. The molecule has 5 aromatic rings. The number of fused-ring (bicyclic) bond motifs is 4. The molecule has 0 fully saturated rings. The van der Waals surface area contributed by atoms with Crippen molar-refractivity contribution >= 4 is 34.6 Å². The van der Waals surface area contributed by atoms with Crippen LogP contribution < -0.4 is 10.2 Å². The summed E-state index contributed by atoms with van der Waals surface area (Å²) in [4.78, 5) is 17.3. The Kier molecular flexibility index (Phi) is 5.14. The molecule has 0 saturated heterocycles. The van der Waals surface area contributed by atoms with E-state index in [0.717, 1.165) is 51.4 Å². The summed E-state index contributed by atoms with van der Waals surface area (Å²) in [5.74, 6) is 2.19. The minimum absolute atomic E-state index is 0.234. The van der Waals surface area contributed by atoms with Crippen LogP contribution in [0.5, 0.6) is 0 Å². The van der Waals surface area contributed by atoms with Crippen molar-refractivity contribution in [3.63, 3.8) is 0 Å². The van der Waals surface area contributed by atoms with E-state index in [1.54, 1.807) is 0 Å². The number of nitrogens with zero attached hydrogens (tertiary/aromatic N) is 6. The smallest absolute Gasteiger partial charge is 0.179 e. The highest BCUT2D eigenvalue weighted by Crippen LogP contribution is 2.47. The fourth-order valence-corrected chi connectivity index (χ4v) is 5.14. The van der Waals surface area contributed by atoms with Crippen LogP contribution in [0.4, 0.5) is 22.9 Å². The lowest BCUT2D eigenvalue weighted by molar-refractivity contribution is 0.785. The summed E-state index contributed by atoms with van der Waals surface area (Å²) < 4.78 is 1.94. The molecule has 0 radical (unpaired) electrons. The number of nitrogens with one attached hydrogen (secondary N) is 1. The van der Waals surface area contributed by atoms with E-state index < -0.39 is 0 Å². The molecular formula is C31H25N7. The van der Waals surface area contributed by atoms with E-state index in [1.165, 1.54) is 5.56 Å². The van der Waals surface area contributed by atoms with Crippen LogP contribution in [0, 0.1) is 13.8 Å². The normalized spacial score (nSPS) is 15.6. The molecule has 1 unspecified atom stereocenters. The van der Waals surface area contributed by atoms with Gasteiger partial charge in [-0.05, 0) is 62.4 Å². The van der Waals surface area contributed by atoms with Gasteiger partial charge in [-0.1, -0.05) is 54.1 Å². The molecule has 0 bridgehead atoms. The lowest BCUT2D eigenvalue weighted by Crippen LogP contribution is -2.46. The van der Waals surface area contributed by atoms with Gasteiger partial charge in [-0.25, -0.2) is 14.7 Å². The Morgan fingerprint density at radius 2 is 1.53 bits per heavy atom. The lowest BCUT2D eigenvalue weighted by atomic mass is 9.96. The van der Waals surface area contributed by atoms with Crippen molar-refractivity contribution < 1.29 is 0 Å². The first-order valence-corrected chi connectivity index (χ1v) is 12.6. The SMILES string of the molecule is Cc1ccc(-n2nc(C)c3c2N=C2C(Nc4ccccc4)=Nc4ccccc4N2C3c2ccccn2)cc1. The Morgan fingerprint density at radius 3 is 2.32 bits per heavy atom. The van der Waals surface area contributed by atoms with E-state index in [9.17, 15) is 0 Å². The molecule has 184 valence electrons. The molecule has 1 atom stereocenters. The quantitative estimate of drug-likeness (QED) is 0.303. The number of aryl methyl sites for hydroxylation is 2. The number of rotatable bonds is 3. The molecule has 2 aliphatic rings. The van der Waals surface area contributed by atoms with E-state index in [-0.39, 0.29) is 6.04 Å². The van der Waals surface area contributed by atoms with Crippen molar-refractivity contribution in [1.29, 1.82) is 0 Å². The van der Waals surface area contributed by atoms with Crippen molar-refractivity contribution in [1.82, 2.24) is 14.8 Å². The molecule has 4 heterocycles. The molecule has 7 heteroatoms. The van der Waals surface area contributed by atoms with Crippen LogP contribution in [0.3, 0.4) is 0 Å². The first-order valence-electron chi connectivity index (χ1n) is 12.6. The third-order valence-electron chi connectivity index (χ3n) is 6.92. The highest BCUT2D eigenvalue weighted by Gasteiger charge is 2.42. The maximum Gasteiger partial charge on any atom is 0.179 e. The summed E-state index contributed by atoms with van der Waals surface area (Å²) in [7, 11) is 0. The van der Waals surface area contributed by atoms with Gasteiger partial charge in [0.15, 0.2) is 17.5 Å². The predicted octanol–water partition coefficient (Wildman–Crippen LogP) is 6.68. The van der Waals surface area contributed by atoms with Gasteiger partial charge < -0.3 is 10.2 Å². The molecular weight excluding hydrogens is 470 g/mol. The molecule has 7 nitrogen and oxygen atoms in total. The molecule has 38 heavy (non-hydrogen) atoms. The van der Waals surface area contributed by atoms with E-state index in [2.05, 4.69) is 53.5 Å². The fraction of sp³-hybridized carbons (Fsp3) is 0.0968. The first-order chi connectivity index (χ1) is 18.7. The minimum Gasteiger partial charge on any atom is -0.337 e. The lowest BCUT2D eigenvalue weighted by Gasteiger charge is -2.40. The Hall–Kier alpha value is -5.04. The number of aliphatic imine (C=N–C) groups is 2. The van der Waals surface area contributed by atoms with Gasteiger partial charge in [-0.2, -0.15) is 5.10 Å². The maximum absolute atomic E-state index is 5.26. The molecule has 1 N–H and O–H groups in total. The van der Waals surface area contributed by atoms with Gasteiger partial charge >= 0.3 is 0 Å². The summed E-state index contributed by atoms with van der Waals surface area (Å²) in [5.41, 5.74) is 7.82. The Labute approximate surface area is 220 Å². The monoisotopic (exact) mass is 495 g/mol. The van der Waals surface area contributed by atoms with Crippen LogP contribution in [-0.2, 0) is 0 Å². The van der Waals surface area contributed by atoms with Gasteiger partial charge in [-0.15, -0.1) is 0 Å². The number of pyridine rings is 1. The third kappa shape index (κ3) is 3.59. The second kappa shape index (κ2) is 8.81. The standard InChI is InChI=1S/C31H25N7/c1-20-15-17-23(18-16-20)38-30-27(21(2)36-38)28(25-13-8-9-19-32-25)37-26-14-7-6-12-24(26)34-29(31(37)35-30)33-22-10-4-3-5-11-22/h3-19,28H,1-2H3,(H,33,34). The summed E-state index contributed by atoms with van der Waals surface area (Å²) in [5, 5.41) is 8.51. The van der Waals surface area contributed by atoms with Crippen LogP contribution in [0.1, 0.15) is 28.6 Å². The molecule has 2 aromatic heterocycles. The second-order valence-electron chi connectivity index (χ2n) is 9.47. The molecule has 0 saturated carbocycles. The Morgan fingerprint density at radius 1 is 0.763 bits per heavy atom. The maximum atomic E-state index is 5.26. The van der Waals surface area contributed by atoms with Crippen molar-refractivity contribution in [3.8, 4) is 5.69 Å². The van der Waals surface area contributed by atoms with Gasteiger partial charge in [0.1, 0.15) is 6.04 Å². The number of amidine groups is 2. The minimum atomic E-state index is -0.234. The van der Waals surface area contributed by atoms with Crippen LogP contribution in [0.2, 0.25) is 0 Å². The van der Waals surface area contributed by atoms with E-state index in [4.69, 9.17) is 20.1 Å². The van der Waals surface area contributed by atoms with Gasteiger partial charge in [-0.3, -0.25) is 4.98 Å². The van der Waals surface area contributed by atoms with Gasteiger partial charge in [0.25, 0.3) is 0 Å². The van der Waals surface area contributed by atoms with Crippen LogP contribution >= 0.6 is 0 Å². The summed E-state index contributed by atoms with van der Waals surface area (Å²) in [6.07, 6.45) is 1.84. The average Bonchev–Trinajstić information content (AvgIpc) is 3.29. The second-order valence-corrected chi connectivity index (χ2v) is 9.47. The Balaban J connectivity index is 1.50. The molecule has 7 rings (SSSR count). The van der Waals surface area contributed by atoms with Crippen molar-refractivity contribution in [2.75, 3.05) is 10.2 Å². The van der Waals surface area contributed by atoms with Crippen molar-refractivity contribution in [2.45, 2.75) is 19.9 Å². The highest BCUT2D eigenvalue weighted by molar-refractivity contribution is 6.51. The zero-order valence-electron chi connectivity index (χ0n) is 21.1. The first kappa shape index (κ1) is 22.2. The number of anilines is 2. The number of benzene rings is 3. The van der Waals surface area contributed by atoms with E-state index in [1.807, 2.05) is 78.5 Å². The van der Waals surface area contributed by atoms with Gasteiger partial charge in [0.2, 0.25) is 0 Å². The zero-order valence-corrected chi connectivity index (χ0v) is 21.1. The molecule has 0 spiro atoms. The molecule has 0 amide bonds. The number of hydrogen-bond acceptors (Lipinski definition) is 6. The number of aromatic nitrogens is 3. The van der Waals surface area contributed by atoms with Crippen molar-refractivity contribution in [3.05, 3.63) is 126 Å². The average molecular weight is 496 g/mol. The predicted molar refractivity (Wildman–Crippen MR) is 152 cm³/mol. The largest absolute Gasteiger partial charge is 0.337 e.